The highest BCUT2D eigenvalue weighted by molar-refractivity contribution is 7.15. The molecule has 8 heteroatoms. The number of carbonyl (C=O) groups is 1. The Morgan fingerprint density at radius 1 is 1.22 bits per heavy atom. The van der Waals surface area contributed by atoms with Crippen LogP contribution in [0.4, 0.5) is 0 Å². The Kier molecular flexibility index (Phi) is 5.99. The summed E-state index contributed by atoms with van der Waals surface area (Å²) in [6.45, 7) is 4.03. The summed E-state index contributed by atoms with van der Waals surface area (Å²) in [5, 5.41) is 5.15. The average molecular weight is 422 g/mol. The molecule has 0 saturated carbocycles. The Labute approximate surface area is 170 Å². The lowest BCUT2D eigenvalue weighted by Gasteiger charge is -2.11. The van der Waals surface area contributed by atoms with Gasteiger partial charge in [-0.1, -0.05) is 43.1 Å². The molecule has 27 heavy (non-hydrogen) atoms. The standard InChI is InChI=1S/C19H17Cl2N3O2S/c1-10(2)19(26)22-9-11-3-4-14(20)13(7-11)18-23-15(8-16(25)24-18)12-5-6-27-17(12)21/h3-8,10H,9H2,1-2H3,(H,22,26)(H,23,24,25). The summed E-state index contributed by atoms with van der Waals surface area (Å²) in [7, 11) is 0. The zero-order valence-electron chi connectivity index (χ0n) is 14.7. The molecule has 0 aliphatic heterocycles. The molecule has 3 aromatic rings. The minimum atomic E-state index is -0.299. The molecule has 0 atom stereocenters. The van der Waals surface area contributed by atoms with E-state index in [1.54, 1.807) is 12.1 Å². The molecular formula is C19H17Cl2N3O2S. The third-order valence-electron chi connectivity index (χ3n) is 3.91. The smallest absolute Gasteiger partial charge is 0.251 e. The number of halogens is 2. The third-order valence-corrected chi connectivity index (χ3v) is 5.41. The SMILES string of the molecule is CC(C)C(=O)NCc1ccc(Cl)c(-c2nc(-c3ccsc3Cl)cc(=O)[nH]2)c1. The fourth-order valence-electron chi connectivity index (χ4n) is 2.46. The van der Waals surface area contributed by atoms with Gasteiger partial charge in [-0.25, -0.2) is 4.98 Å². The molecule has 5 nitrogen and oxygen atoms in total. The molecule has 2 N–H and O–H groups in total. The van der Waals surface area contributed by atoms with Crippen molar-refractivity contribution in [3.63, 3.8) is 0 Å². The zero-order chi connectivity index (χ0) is 19.6. The van der Waals surface area contributed by atoms with Gasteiger partial charge in [-0.2, -0.15) is 0 Å². The number of nitrogens with zero attached hydrogens (tertiary/aromatic N) is 1. The summed E-state index contributed by atoms with van der Waals surface area (Å²) in [4.78, 5) is 31.2. The van der Waals surface area contributed by atoms with E-state index in [1.165, 1.54) is 17.4 Å². The lowest BCUT2D eigenvalue weighted by Crippen LogP contribution is -2.27. The number of amides is 1. The predicted molar refractivity (Wildman–Crippen MR) is 110 cm³/mol. The number of thiophene rings is 1. The van der Waals surface area contributed by atoms with Gasteiger partial charge in [-0.15, -0.1) is 11.3 Å². The van der Waals surface area contributed by atoms with Crippen LogP contribution in [0.25, 0.3) is 22.6 Å². The average Bonchev–Trinajstić information content (AvgIpc) is 3.06. The third kappa shape index (κ3) is 4.58. The van der Waals surface area contributed by atoms with Crippen molar-refractivity contribution in [2.75, 3.05) is 0 Å². The van der Waals surface area contributed by atoms with Gasteiger partial charge in [-0.05, 0) is 29.1 Å². The molecule has 140 valence electrons. The first kappa shape index (κ1) is 19.6. The van der Waals surface area contributed by atoms with Crippen LogP contribution in [0.2, 0.25) is 9.36 Å². The number of rotatable bonds is 5. The first-order valence-electron chi connectivity index (χ1n) is 8.26. The van der Waals surface area contributed by atoms with Gasteiger partial charge in [0.25, 0.3) is 5.56 Å². The van der Waals surface area contributed by atoms with Crippen LogP contribution in [0, 0.1) is 5.92 Å². The van der Waals surface area contributed by atoms with Crippen molar-refractivity contribution in [1.82, 2.24) is 15.3 Å². The van der Waals surface area contributed by atoms with Crippen molar-refractivity contribution >= 4 is 40.4 Å². The molecule has 1 amide bonds. The molecular weight excluding hydrogens is 405 g/mol. The van der Waals surface area contributed by atoms with Gasteiger partial charge < -0.3 is 10.3 Å². The molecule has 3 rings (SSSR count). The number of H-pyrrole nitrogens is 1. The van der Waals surface area contributed by atoms with E-state index < -0.39 is 0 Å². The van der Waals surface area contributed by atoms with Crippen LogP contribution in [-0.4, -0.2) is 15.9 Å². The number of nitrogens with one attached hydrogen (secondary N) is 2. The molecule has 0 spiro atoms. The summed E-state index contributed by atoms with van der Waals surface area (Å²) >= 11 is 13.9. The minimum Gasteiger partial charge on any atom is -0.352 e. The predicted octanol–water partition coefficient (Wildman–Crippen LogP) is 4.74. The summed E-state index contributed by atoms with van der Waals surface area (Å²) in [6.07, 6.45) is 0. The molecule has 0 bridgehead atoms. The lowest BCUT2D eigenvalue weighted by molar-refractivity contribution is -0.124. The quantitative estimate of drug-likeness (QED) is 0.624. The van der Waals surface area contributed by atoms with E-state index in [1.807, 2.05) is 31.4 Å². The fraction of sp³-hybridized carbons (Fsp3) is 0.211. The lowest BCUT2D eigenvalue weighted by atomic mass is 10.1. The first-order valence-corrected chi connectivity index (χ1v) is 9.90. The van der Waals surface area contributed by atoms with Crippen molar-refractivity contribution in [3.05, 3.63) is 61.0 Å². The van der Waals surface area contributed by atoms with E-state index in [0.717, 1.165) is 5.56 Å². The van der Waals surface area contributed by atoms with E-state index >= 15 is 0 Å². The van der Waals surface area contributed by atoms with Gasteiger partial charge in [-0.3, -0.25) is 9.59 Å². The van der Waals surface area contributed by atoms with Crippen LogP contribution in [0.5, 0.6) is 0 Å². The van der Waals surface area contributed by atoms with Gasteiger partial charge >= 0.3 is 0 Å². The Bertz CT molecular complexity index is 1040. The van der Waals surface area contributed by atoms with Crippen molar-refractivity contribution < 1.29 is 4.79 Å². The Hall–Kier alpha value is -2.15. The Morgan fingerprint density at radius 3 is 2.67 bits per heavy atom. The molecule has 1 aromatic carbocycles. The van der Waals surface area contributed by atoms with Crippen LogP contribution in [0.1, 0.15) is 19.4 Å². The number of hydrogen-bond donors (Lipinski definition) is 2. The highest BCUT2D eigenvalue weighted by Gasteiger charge is 2.13. The molecule has 0 unspecified atom stereocenters. The summed E-state index contributed by atoms with van der Waals surface area (Å²) < 4.78 is 0.565. The second-order valence-corrected chi connectivity index (χ2v) is 8.20. The van der Waals surface area contributed by atoms with Gasteiger partial charge in [0, 0.05) is 29.7 Å². The highest BCUT2D eigenvalue weighted by Crippen LogP contribution is 2.32. The van der Waals surface area contributed by atoms with Crippen molar-refractivity contribution in [2.45, 2.75) is 20.4 Å². The maximum atomic E-state index is 12.1. The highest BCUT2D eigenvalue weighted by atomic mass is 35.5. The van der Waals surface area contributed by atoms with Crippen LogP contribution >= 0.6 is 34.5 Å². The number of carbonyl (C=O) groups excluding carboxylic acids is 1. The molecule has 2 aromatic heterocycles. The first-order chi connectivity index (χ1) is 12.8. The van der Waals surface area contributed by atoms with Gasteiger partial charge in [0.05, 0.1) is 10.7 Å². The van der Waals surface area contributed by atoms with Crippen LogP contribution in [-0.2, 0) is 11.3 Å². The van der Waals surface area contributed by atoms with Crippen molar-refractivity contribution in [3.8, 4) is 22.6 Å². The largest absolute Gasteiger partial charge is 0.352 e. The molecule has 0 radical (unpaired) electrons. The van der Waals surface area contributed by atoms with Crippen molar-refractivity contribution in [2.24, 2.45) is 5.92 Å². The molecule has 0 fully saturated rings. The summed E-state index contributed by atoms with van der Waals surface area (Å²) in [5.41, 5.74) is 2.32. The van der Waals surface area contributed by atoms with E-state index in [0.29, 0.717) is 38.5 Å². The van der Waals surface area contributed by atoms with Crippen LogP contribution in [0.3, 0.4) is 0 Å². The van der Waals surface area contributed by atoms with Gasteiger partial charge in [0.1, 0.15) is 10.2 Å². The number of benzene rings is 1. The number of aromatic amines is 1. The Balaban J connectivity index is 1.97. The topological polar surface area (TPSA) is 74.8 Å². The van der Waals surface area contributed by atoms with E-state index in [9.17, 15) is 9.59 Å². The maximum absolute atomic E-state index is 12.1. The van der Waals surface area contributed by atoms with Gasteiger partial charge in [0.2, 0.25) is 5.91 Å². The van der Waals surface area contributed by atoms with Gasteiger partial charge in [0.15, 0.2) is 0 Å². The monoisotopic (exact) mass is 421 g/mol. The summed E-state index contributed by atoms with van der Waals surface area (Å²) in [5.74, 6) is 0.218. The van der Waals surface area contributed by atoms with E-state index in [2.05, 4.69) is 15.3 Å². The molecule has 0 aliphatic carbocycles. The van der Waals surface area contributed by atoms with E-state index in [4.69, 9.17) is 23.2 Å². The molecule has 0 aliphatic rings. The fourth-order valence-corrected chi connectivity index (χ4v) is 3.60. The Morgan fingerprint density at radius 2 is 2.00 bits per heavy atom. The van der Waals surface area contributed by atoms with E-state index in [-0.39, 0.29) is 17.4 Å². The number of hydrogen-bond acceptors (Lipinski definition) is 4. The van der Waals surface area contributed by atoms with Crippen molar-refractivity contribution in [1.29, 1.82) is 0 Å². The maximum Gasteiger partial charge on any atom is 0.251 e. The molecule has 2 heterocycles. The second-order valence-electron chi connectivity index (χ2n) is 6.27. The van der Waals surface area contributed by atoms with Crippen LogP contribution in [0.15, 0.2) is 40.5 Å². The zero-order valence-corrected chi connectivity index (χ0v) is 17.0. The summed E-state index contributed by atoms with van der Waals surface area (Å²) in [6, 6.07) is 8.57. The second kappa shape index (κ2) is 8.25. The number of aromatic nitrogens is 2. The normalized spacial score (nSPS) is 11.0. The molecule has 0 saturated heterocycles. The minimum absolute atomic E-state index is 0.0351. The van der Waals surface area contributed by atoms with Crippen LogP contribution < -0.4 is 10.9 Å².